The zero-order chi connectivity index (χ0) is 28.7. The van der Waals surface area contributed by atoms with Crippen molar-refractivity contribution in [3.8, 4) is 22.4 Å². The van der Waals surface area contributed by atoms with E-state index in [4.69, 9.17) is 0 Å². The van der Waals surface area contributed by atoms with Crippen LogP contribution in [0.5, 0.6) is 0 Å². The molecule has 41 heavy (non-hydrogen) atoms. The van der Waals surface area contributed by atoms with Crippen LogP contribution in [0.1, 0.15) is 28.0 Å². The number of aryl methyl sites for hydroxylation is 1. The van der Waals surface area contributed by atoms with Crippen LogP contribution in [0.3, 0.4) is 0 Å². The summed E-state index contributed by atoms with van der Waals surface area (Å²) in [5, 5.41) is 20.2. The molecule has 0 radical (unpaired) electrons. The van der Waals surface area contributed by atoms with Crippen LogP contribution < -0.4 is 0 Å². The smallest absolute Gasteiger partial charge is 0.256 e. The second-order valence-corrected chi connectivity index (χ2v) is 9.98. The third-order valence-corrected chi connectivity index (χ3v) is 7.23. The number of aliphatic hydroxyl groups is 1. The number of fused-ring (bicyclic) bond motifs is 1. The summed E-state index contributed by atoms with van der Waals surface area (Å²) in [6.45, 7) is 0.0682. The Kier molecular flexibility index (Phi) is 6.62. The van der Waals surface area contributed by atoms with E-state index in [2.05, 4.69) is 20.2 Å². The second kappa shape index (κ2) is 10.3. The summed E-state index contributed by atoms with van der Waals surface area (Å²) in [6, 6.07) is 10.7. The minimum absolute atomic E-state index is 0.0501. The first kappa shape index (κ1) is 26.4. The highest BCUT2D eigenvalue weighted by Gasteiger charge is 2.37. The van der Waals surface area contributed by atoms with E-state index in [1.807, 2.05) is 0 Å². The molecule has 9 nitrogen and oxygen atoms in total. The van der Waals surface area contributed by atoms with Crippen LogP contribution in [-0.4, -0.2) is 52.0 Å². The molecule has 1 N–H and O–H groups in total. The van der Waals surface area contributed by atoms with E-state index < -0.39 is 17.2 Å². The lowest BCUT2D eigenvalue weighted by molar-refractivity contribution is -0.00451. The molecule has 1 atom stereocenters. The third-order valence-electron chi connectivity index (χ3n) is 7.23. The molecule has 2 aromatic carbocycles. The number of hydrogen-bond donors (Lipinski definition) is 1. The van der Waals surface area contributed by atoms with Gasteiger partial charge in [0.05, 0.1) is 24.3 Å². The van der Waals surface area contributed by atoms with Crippen LogP contribution in [0.4, 0.5) is 13.2 Å². The molecule has 0 aliphatic carbocycles. The molecule has 4 heterocycles. The zero-order valence-corrected chi connectivity index (χ0v) is 21.9. The molecule has 0 unspecified atom stereocenters. The van der Waals surface area contributed by atoms with Crippen LogP contribution >= 0.6 is 0 Å². The topological polar surface area (TPSA) is 102 Å². The number of pyridine rings is 1. The Hall–Kier alpha value is -4.84. The Bertz CT molecular complexity index is 1740. The van der Waals surface area contributed by atoms with Crippen molar-refractivity contribution in [3.05, 3.63) is 108 Å². The molecule has 1 amide bonds. The molecule has 1 aliphatic rings. The number of hydrogen-bond acceptors (Lipinski definition) is 6. The van der Waals surface area contributed by atoms with Crippen molar-refractivity contribution < 1.29 is 23.1 Å². The highest BCUT2D eigenvalue weighted by molar-refractivity contribution is 6.05. The molecule has 0 spiro atoms. The van der Waals surface area contributed by atoms with E-state index >= 15 is 0 Å². The van der Waals surface area contributed by atoms with E-state index in [-0.39, 0.29) is 43.3 Å². The standard InChI is InChI=1S/C29H24F3N7O2/c1-37-13-22(27(36-37)18-2-4-19(30)5-3-18)21-8-10-34-25-14-38(28(40)26(21)25)11-9-29(41,15-39-17-33-16-35-39)23-7-6-20(31)12-24(23)32/h2-8,10,12-13,16-17,41H,9,11,14-15H2,1H3/t29-/m1/s1. The molecule has 0 saturated carbocycles. The summed E-state index contributed by atoms with van der Waals surface area (Å²) in [7, 11) is 1.76. The van der Waals surface area contributed by atoms with Gasteiger partial charge >= 0.3 is 0 Å². The van der Waals surface area contributed by atoms with Crippen molar-refractivity contribution >= 4 is 5.91 Å². The average Bonchev–Trinajstić information content (AvgIpc) is 3.67. The lowest BCUT2D eigenvalue weighted by Crippen LogP contribution is -2.38. The monoisotopic (exact) mass is 559 g/mol. The maximum Gasteiger partial charge on any atom is 0.256 e. The summed E-state index contributed by atoms with van der Waals surface area (Å²) in [4.78, 5) is 23.6. The van der Waals surface area contributed by atoms with Gasteiger partial charge in [-0.3, -0.25) is 14.5 Å². The van der Waals surface area contributed by atoms with Crippen molar-refractivity contribution in [1.29, 1.82) is 0 Å². The van der Waals surface area contributed by atoms with Gasteiger partial charge in [0.25, 0.3) is 5.91 Å². The van der Waals surface area contributed by atoms with Gasteiger partial charge in [-0.05, 0) is 42.8 Å². The van der Waals surface area contributed by atoms with Gasteiger partial charge in [0.1, 0.15) is 41.4 Å². The lowest BCUT2D eigenvalue weighted by Gasteiger charge is -2.30. The highest BCUT2D eigenvalue weighted by Crippen LogP contribution is 2.38. The van der Waals surface area contributed by atoms with Crippen LogP contribution in [0.25, 0.3) is 22.4 Å². The number of halogens is 3. The minimum atomic E-state index is -1.82. The van der Waals surface area contributed by atoms with Crippen molar-refractivity contribution in [2.45, 2.75) is 25.1 Å². The van der Waals surface area contributed by atoms with E-state index in [0.717, 1.165) is 6.07 Å². The zero-order valence-electron chi connectivity index (χ0n) is 21.9. The Morgan fingerprint density at radius 3 is 2.54 bits per heavy atom. The van der Waals surface area contributed by atoms with Crippen molar-refractivity contribution in [1.82, 2.24) is 34.4 Å². The van der Waals surface area contributed by atoms with Crippen molar-refractivity contribution in [3.63, 3.8) is 0 Å². The normalized spacial score (nSPS) is 14.4. The molecule has 1 aliphatic heterocycles. The Labute approximate surface area is 232 Å². The third kappa shape index (κ3) is 4.97. The van der Waals surface area contributed by atoms with Crippen LogP contribution in [0.2, 0.25) is 0 Å². The van der Waals surface area contributed by atoms with Crippen LogP contribution in [0, 0.1) is 17.5 Å². The molecule has 0 bridgehead atoms. The van der Waals surface area contributed by atoms with Crippen LogP contribution in [-0.2, 0) is 25.7 Å². The van der Waals surface area contributed by atoms with Gasteiger partial charge in [-0.2, -0.15) is 10.2 Å². The average molecular weight is 560 g/mol. The summed E-state index contributed by atoms with van der Waals surface area (Å²) >= 11 is 0. The van der Waals surface area contributed by atoms with Gasteiger partial charge in [0, 0.05) is 54.3 Å². The van der Waals surface area contributed by atoms with E-state index in [0.29, 0.717) is 39.7 Å². The number of carbonyl (C=O) groups excluding carboxylic acids is 1. The first-order valence-electron chi connectivity index (χ1n) is 12.8. The van der Waals surface area contributed by atoms with Crippen molar-refractivity contribution in [2.24, 2.45) is 7.05 Å². The summed E-state index contributed by atoms with van der Waals surface area (Å²) in [6.07, 6.45) is 6.00. The number of carbonyl (C=O) groups is 1. The first-order valence-corrected chi connectivity index (χ1v) is 12.8. The number of benzene rings is 2. The van der Waals surface area contributed by atoms with Gasteiger partial charge in [-0.15, -0.1) is 0 Å². The summed E-state index contributed by atoms with van der Waals surface area (Å²) in [5.41, 5.74) is 1.59. The molecule has 0 fully saturated rings. The second-order valence-electron chi connectivity index (χ2n) is 9.98. The van der Waals surface area contributed by atoms with Gasteiger partial charge in [0.15, 0.2) is 0 Å². The predicted octanol–water partition coefficient (Wildman–Crippen LogP) is 4.09. The maximum absolute atomic E-state index is 14.8. The Morgan fingerprint density at radius 2 is 1.80 bits per heavy atom. The fourth-order valence-electron chi connectivity index (χ4n) is 5.25. The SMILES string of the molecule is Cn1cc(-c2ccnc3c2C(=O)N(CC[C@@](O)(Cn2cncn2)c2ccc(F)cc2F)C3)c(-c2ccc(F)cc2)n1. The quantitative estimate of drug-likeness (QED) is 0.307. The highest BCUT2D eigenvalue weighted by atomic mass is 19.1. The molecule has 208 valence electrons. The van der Waals surface area contributed by atoms with E-state index in [1.165, 1.54) is 40.4 Å². The summed E-state index contributed by atoms with van der Waals surface area (Å²) in [5.74, 6) is -2.35. The molecule has 5 aromatic rings. The van der Waals surface area contributed by atoms with Gasteiger partial charge in [-0.1, -0.05) is 6.07 Å². The number of rotatable bonds is 8. The molecule has 0 saturated heterocycles. The van der Waals surface area contributed by atoms with Crippen molar-refractivity contribution in [2.75, 3.05) is 6.54 Å². The van der Waals surface area contributed by atoms with Crippen LogP contribution in [0.15, 0.2) is 73.6 Å². The van der Waals surface area contributed by atoms with Gasteiger partial charge < -0.3 is 10.0 Å². The fraction of sp³-hybridized carbons (Fsp3) is 0.207. The molecule has 6 rings (SSSR count). The van der Waals surface area contributed by atoms with E-state index in [1.54, 1.807) is 42.3 Å². The minimum Gasteiger partial charge on any atom is -0.383 e. The largest absolute Gasteiger partial charge is 0.383 e. The number of nitrogens with zero attached hydrogens (tertiary/aromatic N) is 7. The first-order chi connectivity index (χ1) is 19.7. The maximum atomic E-state index is 14.8. The van der Waals surface area contributed by atoms with Gasteiger partial charge in [0.2, 0.25) is 0 Å². The van der Waals surface area contributed by atoms with Gasteiger partial charge in [-0.25, -0.2) is 22.8 Å². The Balaban J connectivity index is 1.30. The predicted molar refractivity (Wildman–Crippen MR) is 141 cm³/mol. The number of aromatic nitrogens is 6. The number of amides is 1. The van der Waals surface area contributed by atoms with E-state index in [9.17, 15) is 23.1 Å². The molecule has 3 aromatic heterocycles. The molecular formula is C29H24F3N7O2. The molecular weight excluding hydrogens is 535 g/mol. The lowest BCUT2D eigenvalue weighted by atomic mass is 9.89. The Morgan fingerprint density at radius 1 is 1.02 bits per heavy atom. The fourth-order valence-corrected chi connectivity index (χ4v) is 5.25. The molecule has 12 heteroatoms. The summed E-state index contributed by atoms with van der Waals surface area (Å²) < 4.78 is 45.0.